The van der Waals surface area contributed by atoms with Gasteiger partial charge in [-0.3, -0.25) is 10.4 Å². The van der Waals surface area contributed by atoms with Crippen LogP contribution in [0.5, 0.6) is 0 Å². The van der Waals surface area contributed by atoms with E-state index in [1.807, 2.05) is 18.2 Å². The van der Waals surface area contributed by atoms with Gasteiger partial charge in [0, 0.05) is 18.6 Å². The minimum Gasteiger partial charge on any atom is -0.427 e. The van der Waals surface area contributed by atoms with Crippen molar-refractivity contribution in [3.05, 3.63) is 30.1 Å². The molecule has 0 bridgehead atoms. The van der Waals surface area contributed by atoms with E-state index < -0.39 is 7.12 Å². The van der Waals surface area contributed by atoms with Crippen molar-refractivity contribution in [3.63, 3.8) is 0 Å². The number of rotatable bonds is 2. The van der Waals surface area contributed by atoms with Gasteiger partial charge >= 0.3 is 7.12 Å². The third-order valence-corrected chi connectivity index (χ3v) is 2.41. The summed E-state index contributed by atoms with van der Waals surface area (Å²) in [6.07, 6.45) is 1.69. The molecule has 2 unspecified atom stereocenters. The Morgan fingerprint density at radius 2 is 2.29 bits per heavy atom. The quantitative estimate of drug-likeness (QED) is 0.456. The molecule has 0 aromatic carbocycles. The number of nitrogens with zero attached hydrogens (tertiary/aromatic N) is 1. The summed E-state index contributed by atoms with van der Waals surface area (Å²) in [5.41, 5.74) is 6.68. The normalized spacial score (nSPS) is 26.4. The van der Waals surface area contributed by atoms with Crippen LogP contribution in [0.25, 0.3) is 0 Å². The highest BCUT2D eigenvalue weighted by Crippen LogP contribution is 2.28. The van der Waals surface area contributed by atoms with Crippen molar-refractivity contribution >= 4 is 7.12 Å². The highest BCUT2D eigenvalue weighted by molar-refractivity contribution is 6.43. The van der Waals surface area contributed by atoms with Gasteiger partial charge in [0.15, 0.2) is 0 Å². The number of hydrogen-bond donors (Lipinski definition) is 4. The van der Waals surface area contributed by atoms with Gasteiger partial charge in [0.05, 0.1) is 11.7 Å². The minimum absolute atomic E-state index is 0.142. The Morgan fingerprint density at radius 1 is 1.43 bits per heavy atom. The molecule has 1 aliphatic rings. The van der Waals surface area contributed by atoms with E-state index in [9.17, 15) is 0 Å². The Bertz CT molecular complexity index is 296. The van der Waals surface area contributed by atoms with Crippen LogP contribution in [0.1, 0.15) is 11.7 Å². The monoisotopic (exact) mass is 193 g/mol. The van der Waals surface area contributed by atoms with Crippen LogP contribution in [0, 0.1) is 0 Å². The highest BCUT2D eigenvalue weighted by atomic mass is 16.4. The van der Waals surface area contributed by atoms with Crippen LogP contribution in [-0.4, -0.2) is 28.7 Å². The van der Waals surface area contributed by atoms with Crippen LogP contribution in [0.15, 0.2) is 24.4 Å². The molecule has 1 aromatic rings. The molecule has 4 N–H and O–H groups in total. The lowest BCUT2D eigenvalue weighted by molar-refractivity contribution is 0.377. The number of pyridine rings is 1. The van der Waals surface area contributed by atoms with Gasteiger partial charge in [-0.2, -0.15) is 0 Å². The summed E-state index contributed by atoms with van der Waals surface area (Å²) in [6, 6.07) is 5.43. The van der Waals surface area contributed by atoms with Crippen LogP contribution < -0.4 is 10.9 Å². The topological polar surface area (TPSA) is 77.4 Å². The third kappa shape index (κ3) is 1.78. The van der Waals surface area contributed by atoms with Crippen molar-refractivity contribution in [3.8, 4) is 0 Å². The maximum absolute atomic E-state index is 9.13. The van der Waals surface area contributed by atoms with Crippen LogP contribution in [0.4, 0.5) is 0 Å². The molecule has 0 spiro atoms. The largest absolute Gasteiger partial charge is 0.458 e. The molecule has 0 radical (unpaired) electrons. The van der Waals surface area contributed by atoms with E-state index in [1.54, 1.807) is 6.20 Å². The molecule has 2 atom stereocenters. The van der Waals surface area contributed by atoms with Crippen molar-refractivity contribution < 1.29 is 10.0 Å². The maximum Gasteiger partial charge on any atom is 0.458 e. The summed E-state index contributed by atoms with van der Waals surface area (Å²) in [5, 5.41) is 18.3. The molecule has 74 valence electrons. The lowest BCUT2D eigenvalue weighted by Gasteiger charge is -2.16. The van der Waals surface area contributed by atoms with Crippen molar-refractivity contribution in [2.24, 2.45) is 0 Å². The number of hydrazine groups is 1. The van der Waals surface area contributed by atoms with Crippen molar-refractivity contribution in [1.29, 1.82) is 0 Å². The van der Waals surface area contributed by atoms with Gasteiger partial charge in [-0.25, -0.2) is 5.43 Å². The zero-order valence-corrected chi connectivity index (χ0v) is 7.59. The fraction of sp³-hybridized carbons (Fsp3) is 0.375. The van der Waals surface area contributed by atoms with Crippen LogP contribution >= 0.6 is 0 Å². The van der Waals surface area contributed by atoms with Gasteiger partial charge in [-0.1, -0.05) is 6.07 Å². The molecule has 5 nitrogen and oxygen atoms in total. The molecule has 0 amide bonds. The van der Waals surface area contributed by atoms with Gasteiger partial charge in [-0.15, -0.1) is 0 Å². The molecule has 14 heavy (non-hydrogen) atoms. The fourth-order valence-electron chi connectivity index (χ4n) is 1.64. The van der Waals surface area contributed by atoms with Gasteiger partial charge < -0.3 is 10.0 Å². The van der Waals surface area contributed by atoms with Crippen molar-refractivity contribution in [1.82, 2.24) is 15.8 Å². The van der Waals surface area contributed by atoms with Crippen molar-refractivity contribution in [2.75, 3.05) is 6.54 Å². The summed E-state index contributed by atoms with van der Waals surface area (Å²) >= 11 is 0. The number of hydrogen-bond acceptors (Lipinski definition) is 5. The second-order valence-corrected chi connectivity index (χ2v) is 3.33. The van der Waals surface area contributed by atoms with E-state index in [1.165, 1.54) is 0 Å². The first kappa shape index (κ1) is 9.60. The number of nitrogens with one attached hydrogen (secondary N) is 2. The lowest BCUT2D eigenvalue weighted by Crippen LogP contribution is -2.28. The highest BCUT2D eigenvalue weighted by Gasteiger charge is 2.37. The number of aromatic nitrogens is 1. The summed E-state index contributed by atoms with van der Waals surface area (Å²) in [5.74, 6) is -0.259. The maximum atomic E-state index is 9.13. The fourth-order valence-corrected chi connectivity index (χ4v) is 1.64. The molecule has 1 fully saturated rings. The van der Waals surface area contributed by atoms with E-state index in [0.717, 1.165) is 5.69 Å². The smallest absolute Gasteiger partial charge is 0.427 e. The van der Waals surface area contributed by atoms with Crippen LogP contribution in [0.3, 0.4) is 0 Å². The van der Waals surface area contributed by atoms with Gasteiger partial charge in [-0.05, 0) is 12.1 Å². The first-order chi connectivity index (χ1) is 6.79. The average molecular weight is 193 g/mol. The van der Waals surface area contributed by atoms with E-state index >= 15 is 0 Å². The van der Waals surface area contributed by atoms with Gasteiger partial charge in [0.1, 0.15) is 0 Å². The zero-order valence-electron chi connectivity index (χ0n) is 7.59. The molecule has 1 aliphatic heterocycles. The van der Waals surface area contributed by atoms with Gasteiger partial charge in [0.2, 0.25) is 0 Å². The van der Waals surface area contributed by atoms with E-state index in [0.29, 0.717) is 6.54 Å². The van der Waals surface area contributed by atoms with E-state index in [2.05, 4.69) is 15.8 Å². The van der Waals surface area contributed by atoms with E-state index in [-0.39, 0.29) is 11.9 Å². The molecule has 1 saturated heterocycles. The van der Waals surface area contributed by atoms with Crippen LogP contribution in [-0.2, 0) is 0 Å². The summed E-state index contributed by atoms with van der Waals surface area (Å²) in [4.78, 5) is 4.17. The third-order valence-electron chi connectivity index (χ3n) is 2.41. The standard InChI is InChI=1S/C8H12BN3O2/c13-9(14)6-5-11-12-8(6)7-3-1-2-4-10-7/h1-4,6,8,11-14H,5H2. The molecular formula is C8H12BN3O2. The molecule has 1 aromatic heterocycles. The second-order valence-electron chi connectivity index (χ2n) is 3.33. The van der Waals surface area contributed by atoms with Crippen LogP contribution in [0.2, 0.25) is 5.82 Å². The molecular weight excluding hydrogens is 181 g/mol. The van der Waals surface area contributed by atoms with Crippen molar-refractivity contribution in [2.45, 2.75) is 11.9 Å². The Labute approximate surface area is 82.3 Å². The molecule has 0 aliphatic carbocycles. The average Bonchev–Trinajstić information content (AvgIpc) is 2.67. The summed E-state index contributed by atoms with van der Waals surface area (Å²) in [7, 11) is -1.33. The predicted octanol–water partition coefficient (Wildman–Crippen LogP) is -0.927. The molecule has 2 rings (SSSR count). The molecule has 0 saturated carbocycles. The first-order valence-corrected chi connectivity index (χ1v) is 4.54. The second kappa shape index (κ2) is 4.06. The van der Waals surface area contributed by atoms with E-state index in [4.69, 9.17) is 10.0 Å². The summed E-state index contributed by atoms with van der Waals surface area (Å²) < 4.78 is 0. The zero-order chi connectivity index (χ0) is 9.97. The summed E-state index contributed by atoms with van der Waals surface area (Å²) in [6.45, 7) is 0.527. The minimum atomic E-state index is -1.33. The SMILES string of the molecule is OB(O)C1CNNC1c1ccccn1. The Balaban J connectivity index is 2.18. The Kier molecular flexibility index (Phi) is 2.78. The molecule has 6 heteroatoms. The predicted molar refractivity (Wildman–Crippen MR) is 52.1 cm³/mol. The lowest BCUT2D eigenvalue weighted by atomic mass is 9.68. The Morgan fingerprint density at radius 3 is 2.93 bits per heavy atom. The first-order valence-electron chi connectivity index (χ1n) is 4.54. The molecule has 2 heterocycles. The Hall–Kier alpha value is -0.945. The van der Waals surface area contributed by atoms with Gasteiger partial charge in [0.25, 0.3) is 0 Å².